The third-order valence-electron chi connectivity index (χ3n) is 5.96. The van der Waals surface area contributed by atoms with Crippen molar-refractivity contribution in [1.29, 1.82) is 0 Å². The lowest BCUT2D eigenvalue weighted by molar-refractivity contribution is -0.162. The van der Waals surface area contributed by atoms with Gasteiger partial charge in [-0.15, -0.1) is 0 Å². The second-order valence-corrected chi connectivity index (χ2v) is 8.20. The minimum absolute atomic E-state index is 0.299. The van der Waals surface area contributed by atoms with Crippen molar-refractivity contribution in [3.63, 3.8) is 0 Å². The first-order chi connectivity index (χ1) is 8.85. The molecule has 3 rings (SSSR count). The van der Waals surface area contributed by atoms with Gasteiger partial charge in [0.2, 0.25) is 0 Å². The van der Waals surface area contributed by atoms with Crippen LogP contribution < -0.4 is 0 Å². The van der Waals surface area contributed by atoms with E-state index in [2.05, 4.69) is 27.7 Å². The Morgan fingerprint density at radius 2 is 0.947 bits per heavy atom. The van der Waals surface area contributed by atoms with Crippen LogP contribution in [0.25, 0.3) is 0 Å². The maximum Gasteiger partial charge on any atom is 0.163 e. The highest BCUT2D eigenvalue weighted by Crippen LogP contribution is 2.55. The Morgan fingerprint density at radius 1 is 0.632 bits per heavy atom. The molecule has 110 valence electrons. The number of rotatable bonds is 2. The first kappa shape index (κ1) is 13.9. The summed E-state index contributed by atoms with van der Waals surface area (Å²) in [7, 11) is 0. The van der Waals surface area contributed by atoms with Crippen LogP contribution in [0.2, 0.25) is 0 Å². The van der Waals surface area contributed by atoms with Crippen molar-refractivity contribution in [2.75, 3.05) is 0 Å². The van der Waals surface area contributed by atoms with Crippen molar-refractivity contribution in [3.05, 3.63) is 0 Å². The molecule has 0 aromatic heterocycles. The Kier molecular flexibility index (Phi) is 3.26. The molecule has 0 N–H and O–H groups in total. The van der Waals surface area contributed by atoms with Crippen LogP contribution in [0.5, 0.6) is 0 Å². The average molecular weight is 266 g/mol. The lowest BCUT2D eigenvalue weighted by Crippen LogP contribution is -2.45. The molecule has 2 aliphatic carbocycles. The summed E-state index contributed by atoms with van der Waals surface area (Å²) in [6.45, 7) is 9.05. The Balaban J connectivity index is 1.87. The molecule has 0 spiro atoms. The van der Waals surface area contributed by atoms with Crippen molar-refractivity contribution >= 4 is 0 Å². The molecule has 0 bridgehead atoms. The van der Waals surface area contributed by atoms with Crippen LogP contribution in [0, 0.1) is 10.8 Å². The molecule has 3 fully saturated rings. The van der Waals surface area contributed by atoms with E-state index in [0.29, 0.717) is 23.0 Å². The molecular formula is C17H30O2. The highest BCUT2D eigenvalue weighted by atomic mass is 16.8. The summed E-state index contributed by atoms with van der Waals surface area (Å²) in [5.74, 6) is -0.396. The van der Waals surface area contributed by atoms with Gasteiger partial charge in [-0.3, -0.25) is 0 Å². The Hall–Kier alpha value is -0.0800. The van der Waals surface area contributed by atoms with Crippen molar-refractivity contribution in [3.8, 4) is 0 Å². The molecule has 0 unspecified atom stereocenters. The Morgan fingerprint density at radius 3 is 1.26 bits per heavy atom. The van der Waals surface area contributed by atoms with Crippen LogP contribution in [0.1, 0.15) is 79.1 Å². The standard InChI is InChI=1S/C17H30O2/c1-15(2)18-13(16(3)9-5-6-10-16)14(19-15)17(4)11-7-8-12-17/h13-14H,5-12H2,1-4H3/t13-,14-/m0/s1. The minimum Gasteiger partial charge on any atom is -0.344 e. The van der Waals surface area contributed by atoms with Crippen LogP contribution in [0.15, 0.2) is 0 Å². The van der Waals surface area contributed by atoms with E-state index >= 15 is 0 Å². The average Bonchev–Trinajstić information content (AvgIpc) is 2.99. The second-order valence-electron chi connectivity index (χ2n) is 8.20. The van der Waals surface area contributed by atoms with Gasteiger partial charge in [-0.25, -0.2) is 0 Å². The third-order valence-corrected chi connectivity index (χ3v) is 5.96. The highest BCUT2D eigenvalue weighted by molar-refractivity contribution is 5.03. The second kappa shape index (κ2) is 4.46. The molecule has 1 aliphatic heterocycles. The molecule has 2 atom stereocenters. The van der Waals surface area contributed by atoms with Gasteiger partial charge in [0.25, 0.3) is 0 Å². The summed E-state index contributed by atoms with van der Waals surface area (Å²) < 4.78 is 12.8. The van der Waals surface area contributed by atoms with Gasteiger partial charge in [0, 0.05) is 0 Å². The van der Waals surface area contributed by atoms with E-state index in [1.54, 1.807) is 0 Å². The minimum atomic E-state index is -0.396. The summed E-state index contributed by atoms with van der Waals surface area (Å²) in [5, 5.41) is 0. The fourth-order valence-corrected chi connectivity index (χ4v) is 4.71. The van der Waals surface area contributed by atoms with E-state index in [9.17, 15) is 0 Å². The fourth-order valence-electron chi connectivity index (χ4n) is 4.71. The predicted molar refractivity (Wildman–Crippen MR) is 77.0 cm³/mol. The number of hydrogen-bond donors (Lipinski definition) is 0. The molecule has 2 heteroatoms. The van der Waals surface area contributed by atoms with E-state index in [1.807, 2.05) is 0 Å². The van der Waals surface area contributed by atoms with Crippen LogP contribution >= 0.6 is 0 Å². The molecule has 1 saturated heterocycles. The zero-order valence-electron chi connectivity index (χ0n) is 13.1. The van der Waals surface area contributed by atoms with E-state index in [4.69, 9.17) is 9.47 Å². The number of hydrogen-bond acceptors (Lipinski definition) is 2. The Labute approximate surface area is 118 Å². The van der Waals surface area contributed by atoms with E-state index in [1.165, 1.54) is 51.4 Å². The zero-order chi connectivity index (χ0) is 13.7. The Bertz CT molecular complexity index is 303. The zero-order valence-corrected chi connectivity index (χ0v) is 13.1. The molecule has 0 amide bonds. The predicted octanol–water partition coefficient (Wildman–Crippen LogP) is 4.67. The molecule has 2 nitrogen and oxygen atoms in total. The molecule has 0 radical (unpaired) electrons. The van der Waals surface area contributed by atoms with Crippen LogP contribution in [0.4, 0.5) is 0 Å². The SMILES string of the molecule is CC1(C)O[C@H](C2(C)CCCC2)[C@@H](C2(C)CCCC2)O1. The lowest BCUT2D eigenvalue weighted by atomic mass is 9.71. The van der Waals surface area contributed by atoms with Gasteiger partial charge in [0.05, 0.1) is 12.2 Å². The lowest BCUT2D eigenvalue weighted by Gasteiger charge is -2.40. The van der Waals surface area contributed by atoms with Gasteiger partial charge in [-0.05, 0) is 50.4 Å². The summed E-state index contributed by atoms with van der Waals surface area (Å²) in [4.78, 5) is 0. The topological polar surface area (TPSA) is 18.5 Å². The smallest absolute Gasteiger partial charge is 0.163 e. The number of ether oxygens (including phenoxy) is 2. The van der Waals surface area contributed by atoms with Gasteiger partial charge in [0.15, 0.2) is 5.79 Å². The van der Waals surface area contributed by atoms with Crippen LogP contribution in [-0.2, 0) is 9.47 Å². The quantitative estimate of drug-likeness (QED) is 0.723. The highest BCUT2D eigenvalue weighted by Gasteiger charge is 2.57. The largest absolute Gasteiger partial charge is 0.344 e. The normalized spacial score (nSPS) is 39.8. The fraction of sp³-hybridized carbons (Fsp3) is 1.00. The van der Waals surface area contributed by atoms with Crippen LogP contribution in [0.3, 0.4) is 0 Å². The molecule has 1 heterocycles. The summed E-state index contributed by atoms with van der Waals surface area (Å²) in [5.41, 5.74) is 0.675. The maximum atomic E-state index is 6.40. The monoisotopic (exact) mass is 266 g/mol. The van der Waals surface area contributed by atoms with Crippen LogP contribution in [-0.4, -0.2) is 18.0 Å². The van der Waals surface area contributed by atoms with E-state index < -0.39 is 5.79 Å². The summed E-state index contributed by atoms with van der Waals surface area (Å²) in [6.07, 6.45) is 11.3. The van der Waals surface area contributed by atoms with Crippen molar-refractivity contribution < 1.29 is 9.47 Å². The first-order valence-electron chi connectivity index (χ1n) is 8.20. The van der Waals surface area contributed by atoms with Gasteiger partial charge in [-0.1, -0.05) is 39.5 Å². The maximum absolute atomic E-state index is 6.40. The van der Waals surface area contributed by atoms with Crippen molar-refractivity contribution in [1.82, 2.24) is 0 Å². The van der Waals surface area contributed by atoms with Gasteiger partial charge in [0.1, 0.15) is 0 Å². The first-order valence-corrected chi connectivity index (χ1v) is 8.20. The summed E-state index contributed by atoms with van der Waals surface area (Å²) in [6, 6.07) is 0. The molecular weight excluding hydrogens is 236 g/mol. The van der Waals surface area contributed by atoms with E-state index in [0.717, 1.165) is 0 Å². The molecule has 19 heavy (non-hydrogen) atoms. The van der Waals surface area contributed by atoms with Gasteiger partial charge >= 0.3 is 0 Å². The van der Waals surface area contributed by atoms with Gasteiger partial charge < -0.3 is 9.47 Å². The molecule has 3 aliphatic rings. The van der Waals surface area contributed by atoms with Crippen molar-refractivity contribution in [2.24, 2.45) is 10.8 Å². The third kappa shape index (κ3) is 2.35. The van der Waals surface area contributed by atoms with E-state index in [-0.39, 0.29) is 0 Å². The van der Waals surface area contributed by atoms with Crippen molar-refractivity contribution in [2.45, 2.75) is 97.1 Å². The molecule has 0 aromatic rings. The molecule has 2 saturated carbocycles. The molecule has 0 aromatic carbocycles. The van der Waals surface area contributed by atoms with Gasteiger partial charge in [-0.2, -0.15) is 0 Å². The summed E-state index contributed by atoms with van der Waals surface area (Å²) >= 11 is 0.